The average molecular weight is 726 g/mol. The van der Waals surface area contributed by atoms with Crippen molar-refractivity contribution in [2.45, 2.75) is 24.6 Å². The topological polar surface area (TPSA) is 156 Å². The Hall–Kier alpha value is -6.76. The van der Waals surface area contributed by atoms with Crippen LogP contribution < -0.4 is 5.32 Å². The first-order valence-electron chi connectivity index (χ1n) is 15.9. The highest BCUT2D eigenvalue weighted by Gasteiger charge is 2.50. The van der Waals surface area contributed by atoms with E-state index in [2.05, 4.69) is 5.32 Å². The number of benzene rings is 5. The lowest BCUT2D eigenvalue weighted by Crippen LogP contribution is -2.48. The van der Waals surface area contributed by atoms with Crippen LogP contribution in [0.5, 0.6) is 0 Å². The lowest BCUT2D eigenvalue weighted by atomic mass is 9.81. The van der Waals surface area contributed by atoms with E-state index in [4.69, 9.17) is 9.47 Å². The van der Waals surface area contributed by atoms with E-state index in [1.54, 1.807) is 54.6 Å². The van der Waals surface area contributed by atoms with E-state index in [0.29, 0.717) is 16.7 Å². The van der Waals surface area contributed by atoms with Gasteiger partial charge in [0.25, 0.3) is 5.91 Å². The van der Waals surface area contributed by atoms with Gasteiger partial charge in [-0.05, 0) is 58.1 Å². The first-order chi connectivity index (χ1) is 25.3. The molecule has 0 saturated carbocycles. The SMILES string of the molecule is O=C(Cc1ccc(NC(=O)c2ccccc2-c2ccc(C(F)(F)F)cc2)c(C(=O)OCc2ccccc2)c1)OCC(C(=O)O)(C(=O)O)c1ccccc1. The Bertz CT molecular complexity index is 2120. The zero-order valence-corrected chi connectivity index (χ0v) is 27.6. The standard InChI is InChI=1S/C40H30F3NO9/c41-40(42,43)29-18-16-27(17-19-29)30-13-7-8-14-31(30)35(46)44-33-20-15-26(21-32(33)36(47)52-23-25-9-3-1-4-10-25)22-34(45)53-24-39(37(48)49,38(50)51)28-11-5-2-6-12-28/h1-21H,22-24H2,(H,44,46)(H,48,49)(H,50,51). The lowest BCUT2D eigenvalue weighted by molar-refractivity contribution is -0.164. The second kappa shape index (κ2) is 16.1. The number of aliphatic carboxylic acids is 2. The summed E-state index contributed by atoms with van der Waals surface area (Å²) in [5, 5.41) is 22.4. The van der Waals surface area contributed by atoms with Crippen LogP contribution in [0.1, 0.15) is 43.0 Å². The van der Waals surface area contributed by atoms with Crippen LogP contribution in [-0.4, -0.2) is 46.6 Å². The fraction of sp³-hybridized carbons (Fsp3) is 0.125. The van der Waals surface area contributed by atoms with E-state index in [9.17, 15) is 47.4 Å². The number of esters is 2. The van der Waals surface area contributed by atoms with Crippen molar-refractivity contribution in [2.24, 2.45) is 0 Å². The molecule has 10 nitrogen and oxygen atoms in total. The Morgan fingerprint density at radius 2 is 1.23 bits per heavy atom. The summed E-state index contributed by atoms with van der Waals surface area (Å²) in [6, 6.07) is 30.3. The number of ether oxygens (including phenoxy) is 2. The monoisotopic (exact) mass is 725 g/mol. The smallest absolute Gasteiger partial charge is 0.416 e. The molecular weight excluding hydrogens is 695 g/mol. The highest BCUT2D eigenvalue weighted by atomic mass is 19.4. The lowest BCUT2D eigenvalue weighted by Gasteiger charge is -2.25. The second-order valence-electron chi connectivity index (χ2n) is 11.7. The van der Waals surface area contributed by atoms with Crippen LogP contribution >= 0.6 is 0 Å². The van der Waals surface area contributed by atoms with Crippen LogP contribution in [0.4, 0.5) is 18.9 Å². The minimum Gasteiger partial charge on any atom is -0.480 e. The van der Waals surface area contributed by atoms with Gasteiger partial charge in [-0.1, -0.05) is 97.1 Å². The predicted octanol–water partition coefficient (Wildman–Crippen LogP) is 7.17. The molecule has 0 heterocycles. The van der Waals surface area contributed by atoms with Gasteiger partial charge in [-0.15, -0.1) is 0 Å². The molecule has 0 aliphatic rings. The van der Waals surface area contributed by atoms with Crippen LogP contribution in [0.3, 0.4) is 0 Å². The molecule has 0 atom stereocenters. The van der Waals surface area contributed by atoms with Gasteiger partial charge in [0, 0.05) is 5.56 Å². The van der Waals surface area contributed by atoms with Crippen molar-refractivity contribution in [2.75, 3.05) is 11.9 Å². The number of amides is 1. The Labute approximate surface area is 300 Å². The number of rotatable bonds is 13. The summed E-state index contributed by atoms with van der Waals surface area (Å²) in [5.41, 5.74) is -2.16. The fourth-order valence-corrected chi connectivity index (χ4v) is 5.42. The summed E-state index contributed by atoms with van der Waals surface area (Å²) >= 11 is 0. The van der Waals surface area contributed by atoms with Crippen LogP contribution in [0.2, 0.25) is 0 Å². The van der Waals surface area contributed by atoms with Gasteiger partial charge in [0.1, 0.15) is 13.2 Å². The molecule has 0 aliphatic heterocycles. The van der Waals surface area contributed by atoms with Crippen molar-refractivity contribution in [3.05, 3.63) is 161 Å². The van der Waals surface area contributed by atoms with Crippen molar-refractivity contribution in [1.82, 2.24) is 0 Å². The highest BCUT2D eigenvalue weighted by molar-refractivity contribution is 6.11. The molecule has 0 saturated heterocycles. The molecule has 3 N–H and O–H groups in total. The quantitative estimate of drug-likeness (QED) is 0.0846. The Morgan fingerprint density at radius 1 is 0.623 bits per heavy atom. The van der Waals surface area contributed by atoms with Crippen molar-refractivity contribution in [3.63, 3.8) is 0 Å². The van der Waals surface area contributed by atoms with Gasteiger partial charge in [-0.25, -0.2) is 4.79 Å². The van der Waals surface area contributed by atoms with Crippen LogP contribution in [-0.2, 0) is 48.5 Å². The normalized spacial score (nSPS) is 11.3. The number of carboxylic acid groups (broad SMARTS) is 2. The minimum atomic E-state index is -4.55. The van der Waals surface area contributed by atoms with Crippen LogP contribution in [0.15, 0.2) is 127 Å². The van der Waals surface area contributed by atoms with Crippen molar-refractivity contribution < 1.29 is 56.8 Å². The molecule has 5 aromatic rings. The number of hydrogen-bond donors (Lipinski definition) is 3. The fourth-order valence-electron chi connectivity index (χ4n) is 5.42. The van der Waals surface area contributed by atoms with Crippen LogP contribution in [0.25, 0.3) is 11.1 Å². The number of nitrogens with one attached hydrogen (secondary N) is 1. The van der Waals surface area contributed by atoms with Crippen molar-refractivity contribution >= 4 is 35.5 Å². The zero-order valence-electron chi connectivity index (χ0n) is 27.6. The number of carbonyl (C=O) groups is 5. The molecule has 53 heavy (non-hydrogen) atoms. The van der Waals surface area contributed by atoms with Gasteiger partial charge in [0.2, 0.25) is 5.41 Å². The summed E-state index contributed by atoms with van der Waals surface area (Å²) in [5.74, 6) is -6.07. The van der Waals surface area contributed by atoms with E-state index in [-0.39, 0.29) is 34.5 Å². The molecule has 5 rings (SSSR count). The molecule has 270 valence electrons. The summed E-state index contributed by atoms with van der Waals surface area (Å²) in [7, 11) is 0. The average Bonchev–Trinajstić information content (AvgIpc) is 3.15. The van der Waals surface area contributed by atoms with E-state index >= 15 is 0 Å². The Balaban J connectivity index is 1.40. The third-order valence-electron chi connectivity index (χ3n) is 8.25. The summed E-state index contributed by atoms with van der Waals surface area (Å²) in [4.78, 5) is 64.5. The van der Waals surface area contributed by atoms with Gasteiger partial charge in [0.05, 0.1) is 23.2 Å². The number of carboxylic acids is 2. The molecular formula is C40H30F3NO9. The Kier molecular flexibility index (Phi) is 11.4. The maximum atomic E-state index is 13.6. The molecule has 13 heteroatoms. The van der Waals surface area contributed by atoms with Gasteiger partial charge >= 0.3 is 30.1 Å². The molecule has 5 aromatic carbocycles. The van der Waals surface area contributed by atoms with E-state index in [1.807, 2.05) is 0 Å². The number of hydrogen-bond acceptors (Lipinski definition) is 7. The molecule has 0 aliphatic carbocycles. The van der Waals surface area contributed by atoms with E-state index in [0.717, 1.165) is 12.1 Å². The first kappa shape index (κ1) is 37.5. The molecule has 1 amide bonds. The molecule has 0 radical (unpaired) electrons. The van der Waals surface area contributed by atoms with Crippen molar-refractivity contribution in [3.8, 4) is 11.1 Å². The number of alkyl halides is 3. The van der Waals surface area contributed by atoms with Crippen molar-refractivity contribution in [1.29, 1.82) is 0 Å². The third-order valence-corrected chi connectivity index (χ3v) is 8.25. The summed E-state index contributed by atoms with van der Waals surface area (Å²) in [6.45, 7) is -1.17. The first-order valence-corrected chi connectivity index (χ1v) is 15.9. The van der Waals surface area contributed by atoms with Crippen LogP contribution in [0, 0.1) is 0 Å². The maximum Gasteiger partial charge on any atom is 0.416 e. The molecule has 0 unspecified atom stereocenters. The number of halogens is 3. The summed E-state index contributed by atoms with van der Waals surface area (Å²) < 4.78 is 50.2. The maximum absolute atomic E-state index is 13.6. The minimum absolute atomic E-state index is 0.0211. The number of anilines is 1. The summed E-state index contributed by atoms with van der Waals surface area (Å²) in [6.07, 6.45) is -5.07. The number of carbonyl (C=O) groups excluding carboxylic acids is 3. The predicted molar refractivity (Wildman–Crippen MR) is 185 cm³/mol. The van der Waals surface area contributed by atoms with E-state index < -0.39 is 60.0 Å². The Morgan fingerprint density at radius 3 is 1.85 bits per heavy atom. The van der Waals surface area contributed by atoms with Gasteiger partial charge in [-0.3, -0.25) is 19.2 Å². The largest absolute Gasteiger partial charge is 0.480 e. The van der Waals surface area contributed by atoms with Gasteiger partial charge in [-0.2, -0.15) is 13.2 Å². The molecule has 0 spiro atoms. The second-order valence-corrected chi connectivity index (χ2v) is 11.7. The molecule has 0 bridgehead atoms. The van der Waals surface area contributed by atoms with E-state index in [1.165, 1.54) is 60.7 Å². The molecule has 0 aromatic heterocycles. The zero-order chi connectivity index (χ0) is 38.2. The highest BCUT2D eigenvalue weighted by Crippen LogP contribution is 2.33. The van der Waals surface area contributed by atoms with Gasteiger partial charge in [0.15, 0.2) is 0 Å². The van der Waals surface area contributed by atoms with Gasteiger partial charge < -0.3 is 25.0 Å². The molecule has 0 fully saturated rings. The third kappa shape index (κ3) is 8.76.